The Morgan fingerprint density at radius 2 is 2.00 bits per heavy atom. The fourth-order valence-electron chi connectivity index (χ4n) is 0.448. The molecule has 0 bridgehead atoms. The molecule has 3 nitrogen and oxygen atoms in total. The van der Waals surface area contributed by atoms with Gasteiger partial charge in [-0.2, -0.15) is 0 Å². The van der Waals surface area contributed by atoms with E-state index >= 15 is 0 Å². The van der Waals surface area contributed by atoms with Crippen molar-refractivity contribution in [2.75, 3.05) is 6.61 Å². The Morgan fingerprint density at radius 1 is 1.55 bits per heavy atom. The van der Waals surface area contributed by atoms with E-state index in [1.165, 1.54) is 6.42 Å². The zero-order chi connectivity index (χ0) is 8.69. The van der Waals surface area contributed by atoms with Crippen molar-refractivity contribution in [2.45, 2.75) is 26.2 Å². The molecular formula is C8H14O3. The van der Waals surface area contributed by atoms with Gasteiger partial charge in [0.05, 0.1) is 0 Å². The van der Waals surface area contributed by atoms with Crippen LogP contribution in [0.3, 0.4) is 0 Å². The van der Waals surface area contributed by atoms with Gasteiger partial charge in [-0.25, -0.2) is 4.79 Å². The number of aliphatic hydroxyl groups is 1. The maximum Gasteiger partial charge on any atom is 0.379 e. The van der Waals surface area contributed by atoms with Crippen LogP contribution in [0, 0.1) is 0 Å². The lowest BCUT2D eigenvalue weighted by Crippen LogP contribution is -1.78. The predicted molar refractivity (Wildman–Crippen MR) is 41.8 cm³/mol. The van der Waals surface area contributed by atoms with Crippen LogP contribution in [-0.4, -0.2) is 17.7 Å². The minimum absolute atomic E-state index is 0.273. The fourth-order valence-corrected chi connectivity index (χ4v) is 0.448. The standard InChI is InChI=1S/C5H12O.C3H2O2/c1-2-3-4-5-6;1-2-3(4)5-2/h6H,2-5H2,1H3;1H2. The van der Waals surface area contributed by atoms with Gasteiger partial charge in [0, 0.05) is 6.61 Å². The normalized spacial score (nSPS) is 13.3. The lowest BCUT2D eigenvalue weighted by Gasteiger charge is -1.85. The van der Waals surface area contributed by atoms with Gasteiger partial charge in [-0.15, -0.1) is 0 Å². The summed E-state index contributed by atoms with van der Waals surface area (Å²) in [6.45, 7) is 5.65. The first-order valence-electron chi connectivity index (χ1n) is 3.74. The van der Waals surface area contributed by atoms with Gasteiger partial charge in [0.1, 0.15) is 0 Å². The number of carbonyl (C=O) groups excluding carboxylic acids is 1. The maximum absolute atomic E-state index is 9.56. The topological polar surface area (TPSA) is 49.8 Å². The molecule has 1 N–H and O–H groups in total. The number of carbonyl (C=O) groups is 1. The van der Waals surface area contributed by atoms with E-state index in [9.17, 15) is 4.79 Å². The molecule has 0 saturated carbocycles. The molecule has 1 saturated heterocycles. The van der Waals surface area contributed by atoms with Gasteiger partial charge in [-0.05, 0) is 13.0 Å². The Bertz CT molecular complexity index is 124. The van der Waals surface area contributed by atoms with Gasteiger partial charge in [-0.3, -0.25) is 0 Å². The molecule has 0 atom stereocenters. The summed E-state index contributed by atoms with van der Waals surface area (Å²) in [5, 5.41) is 8.20. The molecule has 0 aromatic rings. The van der Waals surface area contributed by atoms with Crippen LogP contribution in [0.5, 0.6) is 0 Å². The van der Waals surface area contributed by atoms with Crippen LogP contribution in [0.4, 0.5) is 0 Å². The Hall–Kier alpha value is -0.830. The molecule has 1 heterocycles. The van der Waals surface area contributed by atoms with Gasteiger partial charge in [0.15, 0.2) is 0 Å². The molecule has 3 heteroatoms. The molecule has 0 amide bonds. The third-order valence-electron chi connectivity index (χ3n) is 1.16. The Kier molecular flexibility index (Phi) is 5.47. The highest BCUT2D eigenvalue weighted by Crippen LogP contribution is 2.11. The Labute approximate surface area is 66.7 Å². The summed E-state index contributed by atoms with van der Waals surface area (Å²) in [5.41, 5.74) is 0. The second-order valence-corrected chi connectivity index (χ2v) is 2.24. The van der Waals surface area contributed by atoms with E-state index in [4.69, 9.17) is 5.11 Å². The van der Waals surface area contributed by atoms with Crippen LogP contribution >= 0.6 is 0 Å². The summed E-state index contributed by atoms with van der Waals surface area (Å²) in [6.07, 6.45) is 3.33. The van der Waals surface area contributed by atoms with Crippen LogP contribution in [0.2, 0.25) is 0 Å². The highest BCUT2D eigenvalue weighted by molar-refractivity contribution is 5.99. The van der Waals surface area contributed by atoms with Crippen molar-refractivity contribution >= 4 is 5.97 Å². The first-order valence-corrected chi connectivity index (χ1v) is 3.74. The van der Waals surface area contributed by atoms with E-state index in [-0.39, 0.29) is 11.7 Å². The summed E-state index contributed by atoms with van der Waals surface area (Å²) < 4.78 is 4.08. The second kappa shape index (κ2) is 5.92. The van der Waals surface area contributed by atoms with E-state index in [2.05, 4.69) is 18.2 Å². The molecule has 1 rings (SSSR count). The zero-order valence-electron chi connectivity index (χ0n) is 6.80. The summed E-state index contributed by atoms with van der Waals surface area (Å²) in [4.78, 5) is 9.56. The van der Waals surface area contributed by atoms with Crippen LogP contribution in [0.1, 0.15) is 26.2 Å². The molecule has 64 valence electrons. The third-order valence-corrected chi connectivity index (χ3v) is 1.16. The molecule has 0 aliphatic carbocycles. The number of epoxide rings is 1. The molecule has 0 aromatic heterocycles. The number of aliphatic hydroxyl groups excluding tert-OH is 1. The van der Waals surface area contributed by atoms with Crippen molar-refractivity contribution in [3.63, 3.8) is 0 Å². The summed E-state index contributed by atoms with van der Waals surface area (Å²) in [7, 11) is 0. The molecule has 1 fully saturated rings. The molecule has 1 aliphatic rings. The second-order valence-electron chi connectivity index (χ2n) is 2.24. The number of cyclic esters (lactones) is 1. The third kappa shape index (κ3) is 7.06. The molecule has 0 radical (unpaired) electrons. The predicted octanol–water partition coefficient (Wildman–Crippen LogP) is 1.23. The number of hydrogen-bond acceptors (Lipinski definition) is 3. The number of unbranched alkanes of at least 4 members (excludes halogenated alkanes) is 2. The van der Waals surface area contributed by atoms with Gasteiger partial charge >= 0.3 is 5.97 Å². The van der Waals surface area contributed by atoms with Gasteiger partial charge in [0.25, 0.3) is 0 Å². The van der Waals surface area contributed by atoms with Gasteiger partial charge < -0.3 is 9.84 Å². The Morgan fingerprint density at radius 3 is 2.09 bits per heavy atom. The summed E-state index contributed by atoms with van der Waals surface area (Å²) in [5.74, 6) is 0.00926. The number of ether oxygens (including phenoxy) is 1. The summed E-state index contributed by atoms with van der Waals surface area (Å²) in [6, 6.07) is 0. The van der Waals surface area contributed by atoms with Crippen molar-refractivity contribution in [2.24, 2.45) is 0 Å². The molecule has 11 heavy (non-hydrogen) atoms. The maximum atomic E-state index is 9.56. The fraction of sp³-hybridized carbons (Fsp3) is 0.625. The highest BCUT2D eigenvalue weighted by atomic mass is 16.6. The van der Waals surface area contributed by atoms with Gasteiger partial charge in [-0.1, -0.05) is 19.8 Å². The molecule has 1 aliphatic heterocycles. The lowest BCUT2D eigenvalue weighted by molar-refractivity contribution is -0.117. The molecular weight excluding hydrogens is 144 g/mol. The van der Waals surface area contributed by atoms with E-state index in [1.54, 1.807) is 0 Å². The zero-order valence-corrected chi connectivity index (χ0v) is 6.80. The van der Waals surface area contributed by atoms with E-state index in [0.717, 1.165) is 12.8 Å². The van der Waals surface area contributed by atoms with Crippen molar-refractivity contribution in [1.82, 2.24) is 0 Å². The minimum atomic E-state index is -0.273. The quantitative estimate of drug-likeness (QED) is 0.382. The monoisotopic (exact) mass is 158 g/mol. The van der Waals surface area contributed by atoms with Crippen LogP contribution in [-0.2, 0) is 9.53 Å². The largest absolute Gasteiger partial charge is 0.414 e. The minimum Gasteiger partial charge on any atom is -0.414 e. The van der Waals surface area contributed by atoms with Crippen LogP contribution < -0.4 is 0 Å². The van der Waals surface area contributed by atoms with Crippen molar-refractivity contribution in [3.8, 4) is 0 Å². The molecule has 0 aromatic carbocycles. The first kappa shape index (κ1) is 10.2. The molecule has 0 unspecified atom stereocenters. The average molecular weight is 158 g/mol. The van der Waals surface area contributed by atoms with E-state index in [1.807, 2.05) is 0 Å². The summed E-state index contributed by atoms with van der Waals surface area (Å²) >= 11 is 0. The van der Waals surface area contributed by atoms with Crippen molar-refractivity contribution < 1.29 is 14.6 Å². The SMILES string of the molecule is C=C1OC1=O.CCCCCO. The van der Waals surface area contributed by atoms with Crippen molar-refractivity contribution in [1.29, 1.82) is 0 Å². The first-order chi connectivity index (χ1) is 5.22. The average Bonchev–Trinajstić information content (AvgIpc) is 2.62. The number of rotatable bonds is 3. The van der Waals surface area contributed by atoms with Crippen LogP contribution in [0.15, 0.2) is 12.3 Å². The van der Waals surface area contributed by atoms with Crippen molar-refractivity contribution in [3.05, 3.63) is 12.3 Å². The Balaban J connectivity index is 0.000000183. The molecule has 0 spiro atoms. The van der Waals surface area contributed by atoms with Gasteiger partial charge in [0.2, 0.25) is 5.76 Å². The highest BCUT2D eigenvalue weighted by Gasteiger charge is 2.26. The number of hydrogen-bond donors (Lipinski definition) is 1. The smallest absolute Gasteiger partial charge is 0.379 e. The van der Waals surface area contributed by atoms with E-state index in [0.29, 0.717) is 6.61 Å². The van der Waals surface area contributed by atoms with Crippen LogP contribution in [0.25, 0.3) is 0 Å². The van der Waals surface area contributed by atoms with E-state index < -0.39 is 0 Å². The lowest BCUT2D eigenvalue weighted by atomic mass is 10.3.